The molecule has 1 amide bonds. The molecule has 0 radical (unpaired) electrons. The molecular formula is C20H21ClN2O3. The van der Waals surface area contributed by atoms with Gasteiger partial charge in [-0.15, -0.1) is 0 Å². The van der Waals surface area contributed by atoms with Gasteiger partial charge >= 0.3 is 0 Å². The van der Waals surface area contributed by atoms with E-state index >= 15 is 0 Å². The second-order valence-electron chi connectivity index (χ2n) is 6.91. The van der Waals surface area contributed by atoms with Crippen LogP contribution in [0.2, 0.25) is 5.22 Å². The molecule has 0 N–H and O–H groups in total. The largest absolute Gasteiger partial charge is 0.443 e. The monoisotopic (exact) mass is 372 g/mol. The molecule has 1 saturated carbocycles. The van der Waals surface area contributed by atoms with Crippen molar-refractivity contribution in [1.82, 2.24) is 4.90 Å². The third-order valence-electron chi connectivity index (χ3n) is 5.00. The Morgan fingerprint density at radius 3 is 2.65 bits per heavy atom. The molecule has 6 heteroatoms. The average Bonchev–Trinajstić information content (AvgIpc) is 3.22. The number of carbonyl (C=O) groups is 1. The van der Waals surface area contributed by atoms with Crippen molar-refractivity contribution >= 4 is 23.2 Å². The van der Waals surface area contributed by atoms with Gasteiger partial charge in [-0.05, 0) is 42.1 Å². The first-order valence-electron chi connectivity index (χ1n) is 9.00. The van der Waals surface area contributed by atoms with Crippen LogP contribution in [0.5, 0.6) is 0 Å². The summed E-state index contributed by atoms with van der Waals surface area (Å²) in [5.41, 5.74) is 1.86. The van der Waals surface area contributed by atoms with Crippen molar-refractivity contribution in [3.63, 3.8) is 0 Å². The Balaban J connectivity index is 1.42. The Morgan fingerprint density at radius 2 is 2.00 bits per heavy atom. The number of furan rings is 1. The molecule has 5 nitrogen and oxygen atoms in total. The van der Waals surface area contributed by atoms with E-state index in [1.54, 1.807) is 12.1 Å². The zero-order valence-electron chi connectivity index (χ0n) is 14.4. The summed E-state index contributed by atoms with van der Waals surface area (Å²) in [6.45, 7) is 1.11. The quantitative estimate of drug-likeness (QED) is 0.761. The van der Waals surface area contributed by atoms with Crippen LogP contribution in [0.25, 0.3) is 0 Å². The number of oxime groups is 1. The van der Waals surface area contributed by atoms with Crippen LogP contribution in [-0.2, 0) is 16.2 Å². The number of rotatable bonds is 6. The van der Waals surface area contributed by atoms with Crippen molar-refractivity contribution in [3.8, 4) is 0 Å². The summed E-state index contributed by atoms with van der Waals surface area (Å²) in [7, 11) is 0. The Bertz CT molecular complexity index is 798. The van der Waals surface area contributed by atoms with Gasteiger partial charge in [0.2, 0.25) is 5.91 Å². The maximum absolute atomic E-state index is 12.9. The normalized spacial score (nSPS) is 19.6. The lowest BCUT2D eigenvalue weighted by molar-refractivity contribution is -0.140. The first-order chi connectivity index (χ1) is 12.7. The predicted octanol–water partition coefficient (Wildman–Crippen LogP) is 4.25. The van der Waals surface area contributed by atoms with Crippen LogP contribution in [0.4, 0.5) is 0 Å². The smallest absolute Gasteiger partial charge is 0.226 e. The van der Waals surface area contributed by atoms with Gasteiger partial charge in [0.1, 0.15) is 5.71 Å². The SMILES string of the molecule is O=C(C1CCC1)N(Cc1ccccc1)C[C@H]1CC(c2ccc(Cl)o2)=NO1. The lowest BCUT2D eigenvalue weighted by Crippen LogP contribution is -2.42. The highest BCUT2D eigenvalue weighted by atomic mass is 35.5. The molecule has 1 atom stereocenters. The maximum Gasteiger partial charge on any atom is 0.226 e. The minimum Gasteiger partial charge on any atom is -0.443 e. The molecule has 1 fully saturated rings. The Morgan fingerprint density at radius 1 is 1.19 bits per heavy atom. The molecule has 2 aliphatic rings. The highest BCUT2D eigenvalue weighted by Gasteiger charge is 2.33. The molecule has 0 spiro atoms. The number of hydrogen-bond donors (Lipinski definition) is 0. The van der Waals surface area contributed by atoms with Crippen molar-refractivity contribution < 1.29 is 14.0 Å². The van der Waals surface area contributed by atoms with Crippen molar-refractivity contribution in [2.75, 3.05) is 6.54 Å². The molecule has 0 unspecified atom stereocenters. The van der Waals surface area contributed by atoms with Gasteiger partial charge in [-0.1, -0.05) is 41.9 Å². The lowest BCUT2D eigenvalue weighted by atomic mass is 9.84. The second kappa shape index (κ2) is 7.54. The van der Waals surface area contributed by atoms with Crippen molar-refractivity contribution in [2.45, 2.75) is 38.3 Å². The van der Waals surface area contributed by atoms with Crippen LogP contribution in [-0.4, -0.2) is 29.2 Å². The number of carbonyl (C=O) groups excluding carboxylic acids is 1. The highest BCUT2D eigenvalue weighted by molar-refractivity contribution is 6.29. The van der Waals surface area contributed by atoms with Gasteiger partial charge in [0, 0.05) is 18.9 Å². The molecular weight excluding hydrogens is 352 g/mol. The Labute approximate surface area is 157 Å². The summed E-state index contributed by atoms with van der Waals surface area (Å²) >= 11 is 5.83. The van der Waals surface area contributed by atoms with Gasteiger partial charge < -0.3 is 14.2 Å². The van der Waals surface area contributed by atoms with Gasteiger partial charge in [0.15, 0.2) is 17.1 Å². The van der Waals surface area contributed by atoms with Crippen molar-refractivity contribution in [1.29, 1.82) is 0 Å². The third kappa shape index (κ3) is 3.78. The topological polar surface area (TPSA) is 55.0 Å². The summed E-state index contributed by atoms with van der Waals surface area (Å²) in [5, 5.41) is 4.46. The van der Waals surface area contributed by atoms with E-state index in [2.05, 4.69) is 5.16 Å². The summed E-state index contributed by atoms with van der Waals surface area (Å²) in [4.78, 5) is 20.4. The highest BCUT2D eigenvalue weighted by Crippen LogP contribution is 2.30. The van der Waals surface area contributed by atoms with E-state index in [4.69, 9.17) is 20.9 Å². The standard InChI is InChI=1S/C20H21ClN2O3/c21-19-10-9-18(25-19)17-11-16(26-22-17)13-23(20(24)15-7-4-8-15)12-14-5-2-1-3-6-14/h1-3,5-6,9-10,15-16H,4,7-8,11-13H2/t16-/m1/s1. The molecule has 1 aromatic heterocycles. The molecule has 136 valence electrons. The van der Waals surface area contributed by atoms with Gasteiger partial charge in [-0.3, -0.25) is 4.79 Å². The molecule has 2 heterocycles. The number of nitrogens with zero attached hydrogens (tertiary/aromatic N) is 2. The molecule has 1 aliphatic carbocycles. The van der Waals surface area contributed by atoms with Crippen LogP contribution in [0.15, 0.2) is 52.0 Å². The van der Waals surface area contributed by atoms with Gasteiger partial charge in [-0.2, -0.15) is 0 Å². The fraction of sp³-hybridized carbons (Fsp3) is 0.400. The summed E-state index contributed by atoms with van der Waals surface area (Å²) < 4.78 is 5.40. The average molecular weight is 373 g/mol. The maximum atomic E-state index is 12.9. The summed E-state index contributed by atoms with van der Waals surface area (Å²) in [6, 6.07) is 13.5. The van der Waals surface area contributed by atoms with Gasteiger partial charge in [0.25, 0.3) is 0 Å². The number of benzene rings is 1. The number of halogens is 1. The van der Waals surface area contributed by atoms with Crippen LogP contribution in [0.3, 0.4) is 0 Å². The van der Waals surface area contributed by atoms with Crippen LogP contribution in [0.1, 0.15) is 37.0 Å². The van der Waals surface area contributed by atoms with E-state index in [1.807, 2.05) is 35.2 Å². The fourth-order valence-electron chi connectivity index (χ4n) is 3.34. The molecule has 1 aliphatic heterocycles. The molecule has 2 aromatic rings. The lowest BCUT2D eigenvalue weighted by Gasteiger charge is -2.32. The number of amides is 1. The first-order valence-corrected chi connectivity index (χ1v) is 9.38. The Hall–Kier alpha value is -2.27. The summed E-state index contributed by atoms with van der Waals surface area (Å²) in [5.74, 6) is 1.00. The number of hydrogen-bond acceptors (Lipinski definition) is 4. The van der Waals surface area contributed by atoms with Gasteiger partial charge in [0.05, 0.1) is 6.54 Å². The van der Waals surface area contributed by atoms with E-state index in [1.165, 1.54) is 0 Å². The van der Waals surface area contributed by atoms with E-state index < -0.39 is 0 Å². The third-order valence-corrected chi connectivity index (χ3v) is 5.20. The minimum absolute atomic E-state index is 0.157. The van der Waals surface area contributed by atoms with Gasteiger partial charge in [-0.25, -0.2) is 0 Å². The molecule has 1 aromatic carbocycles. The molecule has 0 saturated heterocycles. The van der Waals surface area contributed by atoms with Crippen LogP contribution < -0.4 is 0 Å². The van der Waals surface area contributed by atoms with E-state index in [9.17, 15) is 4.79 Å². The van der Waals surface area contributed by atoms with E-state index in [0.717, 1.165) is 30.5 Å². The van der Waals surface area contributed by atoms with E-state index in [-0.39, 0.29) is 17.9 Å². The minimum atomic E-state index is -0.165. The first kappa shape index (κ1) is 17.2. The summed E-state index contributed by atoms with van der Waals surface area (Å²) in [6.07, 6.45) is 3.56. The molecule has 26 heavy (non-hydrogen) atoms. The van der Waals surface area contributed by atoms with Crippen molar-refractivity contribution in [3.05, 3.63) is 59.0 Å². The van der Waals surface area contributed by atoms with Crippen LogP contribution >= 0.6 is 11.6 Å². The zero-order chi connectivity index (χ0) is 17.9. The second-order valence-corrected chi connectivity index (χ2v) is 7.28. The Kier molecular flexibility index (Phi) is 4.98. The van der Waals surface area contributed by atoms with Crippen molar-refractivity contribution in [2.24, 2.45) is 11.1 Å². The predicted molar refractivity (Wildman–Crippen MR) is 98.9 cm³/mol. The zero-order valence-corrected chi connectivity index (χ0v) is 15.2. The molecule has 0 bridgehead atoms. The van der Waals surface area contributed by atoms with Crippen LogP contribution in [0, 0.1) is 5.92 Å². The fourth-order valence-corrected chi connectivity index (χ4v) is 3.48. The van der Waals surface area contributed by atoms with E-state index in [0.29, 0.717) is 30.5 Å². The molecule has 4 rings (SSSR count).